The first-order chi connectivity index (χ1) is 17.3. The molecule has 36 heavy (non-hydrogen) atoms. The van der Waals surface area contributed by atoms with E-state index < -0.39 is 11.9 Å². The summed E-state index contributed by atoms with van der Waals surface area (Å²) < 4.78 is 58.7. The number of carbonyl (C=O) groups excluding carboxylic acids is 1. The van der Waals surface area contributed by atoms with E-state index in [4.69, 9.17) is 14.0 Å². The molecule has 0 aliphatic carbocycles. The van der Waals surface area contributed by atoms with Gasteiger partial charge in [-0.2, -0.15) is 13.2 Å². The molecule has 0 saturated carbocycles. The number of rotatable bonds is 10. The molecule has 10 heteroatoms. The molecule has 2 heterocycles. The molecule has 0 spiro atoms. The van der Waals surface area contributed by atoms with E-state index in [2.05, 4.69) is 32.3 Å². The van der Waals surface area contributed by atoms with E-state index in [1.807, 2.05) is 25.3 Å². The van der Waals surface area contributed by atoms with Gasteiger partial charge in [0.15, 0.2) is 11.3 Å². The molecule has 192 valence electrons. The van der Waals surface area contributed by atoms with Crippen molar-refractivity contribution in [2.75, 3.05) is 13.2 Å². The molecular formula is C26H26F3IN2O4. The third-order valence-corrected chi connectivity index (χ3v) is 6.73. The molecule has 0 bridgehead atoms. The largest absolute Gasteiger partial charge is 0.493 e. The zero-order valence-corrected chi connectivity index (χ0v) is 22.1. The van der Waals surface area contributed by atoms with Gasteiger partial charge in [-0.3, -0.25) is 0 Å². The average molecular weight is 614 g/mol. The van der Waals surface area contributed by atoms with E-state index in [0.29, 0.717) is 53.9 Å². The number of fused-ring (bicyclic) bond motifs is 2. The minimum absolute atomic E-state index is 0.0506. The van der Waals surface area contributed by atoms with Gasteiger partial charge in [0.25, 0.3) is 0 Å². The topological polar surface area (TPSA) is 66.5 Å². The van der Waals surface area contributed by atoms with E-state index in [1.165, 1.54) is 6.07 Å². The first-order valence-electron chi connectivity index (χ1n) is 11.7. The predicted molar refractivity (Wildman–Crippen MR) is 139 cm³/mol. The van der Waals surface area contributed by atoms with Gasteiger partial charge in [0.1, 0.15) is 5.75 Å². The summed E-state index contributed by atoms with van der Waals surface area (Å²) in [5.74, 6) is 0.194. The van der Waals surface area contributed by atoms with Crippen molar-refractivity contribution in [3.05, 3.63) is 58.9 Å². The molecule has 0 amide bonds. The average Bonchev–Trinajstić information content (AvgIpc) is 3.47. The van der Waals surface area contributed by atoms with E-state index in [1.54, 1.807) is 19.1 Å². The van der Waals surface area contributed by atoms with Crippen LogP contribution >= 0.6 is 22.6 Å². The van der Waals surface area contributed by atoms with Gasteiger partial charge >= 0.3 is 12.1 Å². The van der Waals surface area contributed by atoms with E-state index in [-0.39, 0.29) is 16.9 Å². The third kappa shape index (κ3) is 5.18. The number of benzene rings is 2. The molecular weight excluding hydrogens is 588 g/mol. The molecule has 0 radical (unpaired) electrons. The van der Waals surface area contributed by atoms with Crippen molar-refractivity contribution in [2.45, 2.75) is 50.3 Å². The smallest absolute Gasteiger partial charge is 0.437 e. The Bertz CT molecular complexity index is 1380. The Balaban J connectivity index is 1.48. The van der Waals surface area contributed by atoms with Crippen LogP contribution in [0.4, 0.5) is 13.2 Å². The van der Waals surface area contributed by atoms with Crippen LogP contribution in [0.25, 0.3) is 21.9 Å². The van der Waals surface area contributed by atoms with Crippen LogP contribution in [0.3, 0.4) is 0 Å². The van der Waals surface area contributed by atoms with Crippen molar-refractivity contribution in [3.8, 4) is 5.75 Å². The summed E-state index contributed by atoms with van der Waals surface area (Å²) in [5, 5.41) is 4.22. The Kier molecular flexibility index (Phi) is 8.11. The van der Waals surface area contributed by atoms with Gasteiger partial charge in [0.05, 0.1) is 24.2 Å². The summed E-state index contributed by atoms with van der Waals surface area (Å²) in [6.45, 7) is 5.11. The number of ether oxygens (including phenoxy) is 2. The number of aromatic nitrogens is 2. The molecule has 2 aromatic carbocycles. The summed E-state index contributed by atoms with van der Waals surface area (Å²) in [7, 11) is 0. The van der Waals surface area contributed by atoms with Crippen LogP contribution in [0, 0.1) is 0 Å². The molecule has 0 unspecified atom stereocenters. The van der Waals surface area contributed by atoms with Gasteiger partial charge in [0.2, 0.25) is 0 Å². The monoisotopic (exact) mass is 614 g/mol. The molecule has 4 aromatic rings. The second kappa shape index (κ2) is 11.1. The van der Waals surface area contributed by atoms with Gasteiger partial charge in [-0.05, 0) is 55.7 Å². The number of carbonyl (C=O) groups is 1. The van der Waals surface area contributed by atoms with Crippen molar-refractivity contribution >= 4 is 50.4 Å². The Hall–Kier alpha value is -2.76. The number of aryl methyl sites for hydroxylation is 2. The van der Waals surface area contributed by atoms with Crippen LogP contribution in [0.1, 0.15) is 53.9 Å². The molecule has 0 N–H and O–H groups in total. The fraction of sp³-hybridized carbons (Fsp3) is 0.385. The van der Waals surface area contributed by atoms with Gasteiger partial charge in [-0.15, -0.1) is 0 Å². The standard InChI is InChI=1S/C26H26F3IN2O4/c1-3-6-18-22(10-8-19-23(18)36-31-24(19)26(27,28)29)35-14-5-12-32-13-11-16-20(15-30)17(7-9-21(16)32)25(33)34-4-2/h7-11,13H,3-6,12,14-15H2,1-2H3. The van der Waals surface area contributed by atoms with Crippen molar-refractivity contribution in [3.63, 3.8) is 0 Å². The summed E-state index contributed by atoms with van der Waals surface area (Å²) in [6.07, 6.45) is -0.679. The summed E-state index contributed by atoms with van der Waals surface area (Å²) >= 11 is 2.25. The van der Waals surface area contributed by atoms with Crippen LogP contribution in [0.2, 0.25) is 0 Å². The van der Waals surface area contributed by atoms with E-state index >= 15 is 0 Å². The minimum atomic E-state index is -4.58. The molecule has 0 aliphatic rings. The lowest BCUT2D eigenvalue weighted by atomic mass is 10.0. The summed E-state index contributed by atoms with van der Waals surface area (Å²) in [6, 6.07) is 8.65. The molecule has 0 atom stereocenters. The Morgan fingerprint density at radius 1 is 1.11 bits per heavy atom. The lowest BCUT2D eigenvalue weighted by Gasteiger charge is -2.13. The van der Waals surface area contributed by atoms with Crippen LogP contribution in [-0.4, -0.2) is 28.9 Å². The second-order valence-corrected chi connectivity index (χ2v) is 9.05. The molecule has 4 rings (SSSR count). The quantitative estimate of drug-likeness (QED) is 0.0810. The zero-order chi connectivity index (χ0) is 25.9. The van der Waals surface area contributed by atoms with Gasteiger partial charge in [-0.25, -0.2) is 4.79 Å². The third-order valence-electron chi connectivity index (χ3n) is 5.96. The van der Waals surface area contributed by atoms with Crippen molar-refractivity contribution in [2.24, 2.45) is 0 Å². The van der Waals surface area contributed by atoms with Crippen LogP contribution < -0.4 is 4.74 Å². The number of hydrogen-bond donors (Lipinski definition) is 0. The number of alkyl halides is 4. The fourth-order valence-corrected chi connectivity index (χ4v) is 5.18. The predicted octanol–water partition coefficient (Wildman–Crippen LogP) is 7.33. The molecule has 0 aliphatic heterocycles. The number of esters is 1. The highest BCUT2D eigenvalue weighted by Crippen LogP contribution is 2.38. The minimum Gasteiger partial charge on any atom is -0.493 e. The normalized spacial score (nSPS) is 11.9. The maximum Gasteiger partial charge on any atom is 0.437 e. The van der Waals surface area contributed by atoms with Crippen LogP contribution in [0.5, 0.6) is 5.75 Å². The maximum atomic E-state index is 13.2. The van der Waals surface area contributed by atoms with Crippen LogP contribution in [-0.2, 0) is 28.3 Å². The van der Waals surface area contributed by atoms with Crippen molar-refractivity contribution < 1.29 is 32.0 Å². The lowest BCUT2D eigenvalue weighted by Crippen LogP contribution is -2.08. The number of halogens is 4. The number of hydrogen-bond acceptors (Lipinski definition) is 5. The first-order valence-corrected chi connectivity index (χ1v) is 13.3. The Labute approximate surface area is 219 Å². The highest BCUT2D eigenvalue weighted by atomic mass is 127. The summed E-state index contributed by atoms with van der Waals surface area (Å²) in [5.41, 5.74) is 2.26. The van der Waals surface area contributed by atoms with E-state index in [9.17, 15) is 18.0 Å². The highest BCUT2D eigenvalue weighted by molar-refractivity contribution is 14.1. The fourth-order valence-electron chi connectivity index (χ4n) is 4.36. The van der Waals surface area contributed by atoms with Gasteiger partial charge < -0.3 is 18.6 Å². The highest BCUT2D eigenvalue weighted by Gasteiger charge is 2.37. The SMILES string of the molecule is CCCc1c(OCCCn2ccc3c(CI)c(C(=O)OCC)ccc32)ccc2c(C(F)(F)F)noc12. The Morgan fingerprint density at radius 2 is 1.92 bits per heavy atom. The molecule has 2 aromatic heterocycles. The maximum absolute atomic E-state index is 13.2. The Morgan fingerprint density at radius 3 is 2.61 bits per heavy atom. The van der Waals surface area contributed by atoms with E-state index in [0.717, 1.165) is 22.9 Å². The second-order valence-electron chi connectivity index (χ2n) is 8.29. The van der Waals surface area contributed by atoms with Crippen LogP contribution in [0.15, 0.2) is 41.1 Å². The van der Waals surface area contributed by atoms with Crippen molar-refractivity contribution in [1.82, 2.24) is 9.72 Å². The molecule has 0 fully saturated rings. The molecule has 0 saturated heterocycles. The first kappa shape index (κ1) is 26.3. The van der Waals surface area contributed by atoms with Crippen molar-refractivity contribution in [1.29, 1.82) is 0 Å². The molecule has 6 nitrogen and oxygen atoms in total. The zero-order valence-electron chi connectivity index (χ0n) is 20.0. The van der Waals surface area contributed by atoms with Gasteiger partial charge in [-0.1, -0.05) is 41.1 Å². The number of nitrogens with zero attached hydrogens (tertiary/aromatic N) is 2. The lowest BCUT2D eigenvalue weighted by molar-refractivity contribution is -0.141. The summed E-state index contributed by atoms with van der Waals surface area (Å²) in [4.78, 5) is 12.3. The van der Waals surface area contributed by atoms with Gasteiger partial charge in [0, 0.05) is 33.6 Å².